The smallest absolute Gasteiger partial charge is 0.0294 e. The molecule has 0 heteroatoms. The predicted octanol–water partition coefficient (Wildman–Crippen LogP) is 2.98. The van der Waals surface area contributed by atoms with Crippen molar-refractivity contribution in [1.29, 1.82) is 0 Å². The van der Waals surface area contributed by atoms with E-state index in [1.165, 1.54) is 0 Å². The maximum absolute atomic E-state index is 2.49. The van der Waals surface area contributed by atoms with Crippen LogP contribution in [0.5, 0.6) is 0 Å². The van der Waals surface area contributed by atoms with Gasteiger partial charge in [-0.05, 0) is 55.3 Å². The highest BCUT2D eigenvalue weighted by molar-refractivity contribution is 5.10. The predicted molar refractivity (Wildman–Crippen MR) is 41.7 cm³/mol. The van der Waals surface area contributed by atoms with Gasteiger partial charge in [-0.3, -0.25) is 0 Å². The summed E-state index contributed by atoms with van der Waals surface area (Å²) in [6.07, 6.45) is 9.43. The molecule has 0 aromatic heterocycles. The summed E-state index contributed by atoms with van der Waals surface area (Å²) >= 11 is 0. The highest BCUT2D eigenvalue weighted by atomic mass is 14.6. The van der Waals surface area contributed by atoms with E-state index in [2.05, 4.69) is 6.92 Å². The van der Waals surface area contributed by atoms with E-state index in [0.29, 0.717) is 0 Å². The Bertz CT molecular complexity index is 178. The molecule has 0 radical (unpaired) electrons. The Balaban J connectivity index is 1.81. The second kappa shape index (κ2) is 1.31. The molecule has 0 unspecified atom stereocenters. The molecule has 0 saturated heterocycles. The third-order valence-corrected chi connectivity index (χ3v) is 4.40. The molecule has 0 heterocycles. The van der Waals surface area contributed by atoms with Gasteiger partial charge < -0.3 is 0 Å². The topological polar surface area (TPSA) is 0 Å². The highest BCUT2D eigenvalue weighted by Crippen LogP contribution is 2.71. The molecule has 3 aliphatic carbocycles. The Morgan fingerprint density at radius 2 is 1.70 bits per heavy atom. The molecule has 1 spiro atoms. The molecule has 56 valence electrons. The van der Waals surface area contributed by atoms with E-state index in [1.54, 1.807) is 38.5 Å². The average Bonchev–Trinajstić information content (AvgIpc) is 2.74. The van der Waals surface area contributed by atoms with Crippen LogP contribution in [-0.2, 0) is 0 Å². The van der Waals surface area contributed by atoms with Gasteiger partial charge in [0.05, 0.1) is 0 Å². The van der Waals surface area contributed by atoms with Crippen LogP contribution in [0.4, 0.5) is 0 Å². The van der Waals surface area contributed by atoms with Crippen LogP contribution in [0.25, 0.3) is 0 Å². The highest BCUT2D eigenvalue weighted by Gasteiger charge is 2.60. The summed E-state index contributed by atoms with van der Waals surface area (Å²) in [5.74, 6) is 1.16. The molecule has 0 aromatic rings. The van der Waals surface area contributed by atoms with Gasteiger partial charge in [-0.15, -0.1) is 0 Å². The van der Waals surface area contributed by atoms with Crippen molar-refractivity contribution in [1.82, 2.24) is 0 Å². The Hall–Kier alpha value is 0. The van der Waals surface area contributed by atoms with E-state index in [4.69, 9.17) is 0 Å². The summed E-state index contributed by atoms with van der Waals surface area (Å²) < 4.78 is 0. The van der Waals surface area contributed by atoms with Crippen LogP contribution in [0.15, 0.2) is 0 Å². The van der Waals surface area contributed by atoms with Gasteiger partial charge in [0.2, 0.25) is 0 Å². The SMILES string of the molecule is C[C@]12CCC3(CC3)C[C@H]1C2. The van der Waals surface area contributed by atoms with E-state index in [9.17, 15) is 0 Å². The average molecular weight is 136 g/mol. The molecule has 10 heavy (non-hydrogen) atoms. The molecule has 0 N–H and O–H groups in total. The van der Waals surface area contributed by atoms with Gasteiger partial charge in [-0.25, -0.2) is 0 Å². The van der Waals surface area contributed by atoms with Crippen LogP contribution in [-0.4, -0.2) is 0 Å². The third kappa shape index (κ3) is 0.580. The van der Waals surface area contributed by atoms with Crippen LogP contribution in [0.1, 0.15) is 45.4 Å². The molecule has 0 bridgehead atoms. The molecule has 0 aliphatic heterocycles. The van der Waals surface area contributed by atoms with Gasteiger partial charge >= 0.3 is 0 Å². The molecule has 3 fully saturated rings. The standard InChI is InChI=1S/C10H16/c1-9-2-3-10(4-5-10)7-8(9)6-9/h8H,2-7H2,1H3/t8-,9-/m1/s1. The van der Waals surface area contributed by atoms with Gasteiger partial charge in [-0.1, -0.05) is 6.92 Å². The first-order valence-corrected chi connectivity index (χ1v) is 4.73. The summed E-state index contributed by atoms with van der Waals surface area (Å²) in [5.41, 5.74) is 1.76. The van der Waals surface area contributed by atoms with Crippen LogP contribution in [0.3, 0.4) is 0 Å². The minimum absolute atomic E-state index is 0.841. The fourth-order valence-electron chi connectivity index (χ4n) is 2.94. The second-order valence-electron chi connectivity index (χ2n) is 5.26. The van der Waals surface area contributed by atoms with Gasteiger partial charge in [0.15, 0.2) is 0 Å². The lowest BCUT2D eigenvalue weighted by atomic mass is 9.81. The zero-order valence-corrected chi connectivity index (χ0v) is 6.82. The van der Waals surface area contributed by atoms with E-state index < -0.39 is 0 Å². The Morgan fingerprint density at radius 3 is 2.30 bits per heavy atom. The molecule has 0 aromatic carbocycles. The van der Waals surface area contributed by atoms with E-state index in [-0.39, 0.29) is 0 Å². The monoisotopic (exact) mass is 136 g/mol. The van der Waals surface area contributed by atoms with Gasteiger partial charge in [0.25, 0.3) is 0 Å². The minimum Gasteiger partial charge on any atom is -0.0594 e. The third-order valence-electron chi connectivity index (χ3n) is 4.40. The summed E-state index contributed by atoms with van der Waals surface area (Å²) in [5, 5.41) is 0. The Labute approximate surface area is 63.0 Å². The number of fused-ring (bicyclic) bond motifs is 1. The van der Waals surface area contributed by atoms with E-state index in [1.807, 2.05) is 0 Å². The molecule has 3 rings (SSSR count). The lowest BCUT2D eigenvalue weighted by molar-refractivity contribution is 0.261. The summed E-state index contributed by atoms with van der Waals surface area (Å²) in [6, 6.07) is 0. The van der Waals surface area contributed by atoms with Crippen molar-refractivity contribution in [2.45, 2.75) is 45.4 Å². The molecule has 3 aliphatic rings. The van der Waals surface area contributed by atoms with Crippen LogP contribution in [0.2, 0.25) is 0 Å². The van der Waals surface area contributed by atoms with Gasteiger partial charge in [0, 0.05) is 0 Å². The van der Waals surface area contributed by atoms with Crippen molar-refractivity contribution < 1.29 is 0 Å². The van der Waals surface area contributed by atoms with Crippen molar-refractivity contribution in [3.8, 4) is 0 Å². The van der Waals surface area contributed by atoms with Crippen molar-refractivity contribution in [2.24, 2.45) is 16.7 Å². The van der Waals surface area contributed by atoms with Gasteiger partial charge in [0.1, 0.15) is 0 Å². The van der Waals surface area contributed by atoms with Crippen LogP contribution in [0, 0.1) is 16.7 Å². The fourth-order valence-corrected chi connectivity index (χ4v) is 2.94. The Kier molecular flexibility index (Phi) is 0.735. The first-order chi connectivity index (χ1) is 4.73. The summed E-state index contributed by atoms with van der Waals surface area (Å²) in [7, 11) is 0. The maximum Gasteiger partial charge on any atom is -0.0294 e. The van der Waals surface area contributed by atoms with Crippen LogP contribution < -0.4 is 0 Å². The van der Waals surface area contributed by atoms with Crippen molar-refractivity contribution in [3.63, 3.8) is 0 Å². The first kappa shape index (κ1) is 5.62. The second-order valence-corrected chi connectivity index (χ2v) is 5.26. The maximum atomic E-state index is 2.49. The van der Waals surface area contributed by atoms with Crippen molar-refractivity contribution in [2.75, 3.05) is 0 Å². The quantitative estimate of drug-likeness (QED) is 0.480. The molecule has 0 amide bonds. The summed E-state index contributed by atoms with van der Waals surface area (Å²) in [4.78, 5) is 0. The first-order valence-electron chi connectivity index (χ1n) is 4.73. The van der Waals surface area contributed by atoms with E-state index >= 15 is 0 Å². The molecule has 2 atom stereocenters. The normalized spacial score (nSPS) is 54.3. The molecular formula is C10H16. The molecule has 3 saturated carbocycles. The zero-order valence-electron chi connectivity index (χ0n) is 6.82. The Morgan fingerprint density at radius 1 is 1.00 bits per heavy atom. The largest absolute Gasteiger partial charge is 0.0594 e. The number of rotatable bonds is 0. The lowest BCUT2D eigenvalue weighted by Crippen LogP contribution is -2.14. The van der Waals surface area contributed by atoms with Gasteiger partial charge in [-0.2, -0.15) is 0 Å². The minimum atomic E-state index is 0.841. The van der Waals surface area contributed by atoms with Crippen molar-refractivity contribution >= 4 is 0 Å². The molecular weight excluding hydrogens is 120 g/mol. The number of hydrogen-bond donors (Lipinski definition) is 0. The lowest BCUT2D eigenvalue weighted by Gasteiger charge is -2.24. The van der Waals surface area contributed by atoms with Crippen molar-refractivity contribution in [3.05, 3.63) is 0 Å². The number of hydrogen-bond acceptors (Lipinski definition) is 0. The summed E-state index contributed by atoms with van der Waals surface area (Å²) in [6.45, 7) is 2.49. The zero-order chi connectivity index (χ0) is 6.82. The van der Waals surface area contributed by atoms with E-state index in [0.717, 1.165) is 16.7 Å². The molecule has 0 nitrogen and oxygen atoms in total. The fraction of sp³-hybridized carbons (Fsp3) is 1.00. The van der Waals surface area contributed by atoms with Crippen LogP contribution >= 0.6 is 0 Å².